The minimum atomic E-state index is -3.98. The van der Waals surface area contributed by atoms with Crippen LogP contribution in [0, 0.1) is 11.8 Å². The molecule has 0 aliphatic carbocycles. The molecule has 3 aromatic carbocycles. The fourth-order valence-electron chi connectivity index (χ4n) is 5.63. The summed E-state index contributed by atoms with van der Waals surface area (Å²) in [7, 11) is -1.71. The van der Waals surface area contributed by atoms with Crippen molar-refractivity contribution in [1.82, 2.24) is 10.6 Å². The van der Waals surface area contributed by atoms with Crippen LogP contribution in [0.15, 0.2) is 106 Å². The number of carbonyl (C=O) groups is 2. The first-order valence-corrected chi connectivity index (χ1v) is 19.1. The molecule has 0 saturated heterocycles. The van der Waals surface area contributed by atoms with Crippen molar-refractivity contribution in [3.8, 4) is 0 Å². The molecule has 0 aliphatic heterocycles. The second-order valence-corrected chi connectivity index (χ2v) is 17.1. The van der Waals surface area contributed by atoms with E-state index in [1.807, 2.05) is 46.1 Å². The molecule has 3 aromatic rings. The number of hydrogen-bond acceptors (Lipinski definition) is 4. The van der Waals surface area contributed by atoms with Crippen molar-refractivity contribution in [3.63, 3.8) is 0 Å². The first kappa shape index (κ1) is 36.3. The fraction of sp³-hybridized carbons (Fsp3) is 0.429. The second-order valence-electron chi connectivity index (χ2n) is 12.2. The molecule has 3 N–H and O–H groups in total. The lowest BCUT2D eigenvalue weighted by atomic mass is 9.92. The van der Waals surface area contributed by atoms with Gasteiger partial charge in [-0.25, -0.2) is 0 Å². The molecule has 8 nitrogen and oxygen atoms in total. The number of quaternary nitrogens is 1. The van der Waals surface area contributed by atoms with Crippen LogP contribution in [-0.2, 0) is 19.7 Å². The Labute approximate surface area is 271 Å². The molecule has 0 radical (unpaired) electrons. The molecular formula is C35H50N3O5S2+. The van der Waals surface area contributed by atoms with Gasteiger partial charge in [-0.1, -0.05) is 68.4 Å². The summed E-state index contributed by atoms with van der Waals surface area (Å²) in [6.45, 7) is 5.97. The number of rotatable bonds is 18. The quantitative estimate of drug-likeness (QED) is 0.122. The Balaban J connectivity index is 1.61. The first-order chi connectivity index (χ1) is 21.4. The van der Waals surface area contributed by atoms with E-state index in [9.17, 15) is 18.0 Å². The molecule has 0 fully saturated rings. The van der Waals surface area contributed by atoms with Gasteiger partial charge in [0, 0.05) is 30.6 Å². The Kier molecular flexibility index (Phi) is 13.7. The molecule has 0 saturated carbocycles. The summed E-state index contributed by atoms with van der Waals surface area (Å²) in [5.41, 5.74) is 0. The van der Waals surface area contributed by atoms with E-state index in [0.717, 1.165) is 5.75 Å². The van der Waals surface area contributed by atoms with Gasteiger partial charge >= 0.3 is 0 Å². The highest BCUT2D eigenvalue weighted by Gasteiger charge is 2.31. The van der Waals surface area contributed by atoms with Crippen LogP contribution in [0.1, 0.15) is 33.1 Å². The van der Waals surface area contributed by atoms with E-state index in [1.165, 1.54) is 14.7 Å². The van der Waals surface area contributed by atoms with Gasteiger partial charge in [0.05, 0.1) is 39.5 Å². The van der Waals surface area contributed by atoms with Gasteiger partial charge in [-0.15, -0.1) is 0 Å². The van der Waals surface area contributed by atoms with Crippen LogP contribution in [-0.4, -0.2) is 81.0 Å². The number of benzene rings is 3. The molecule has 0 bridgehead atoms. The van der Waals surface area contributed by atoms with Crippen molar-refractivity contribution in [3.05, 3.63) is 91.0 Å². The summed E-state index contributed by atoms with van der Waals surface area (Å²) >= 11 is 0. The van der Waals surface area contributed by atoms with Crippen LogP contribution >= 0.6 is 10.0 Å². The summed E-state index contributed by atoms with van der Waals surface area (Å²) in [5, 5.41) is 6.20. The van der Waals surface area contributed by atoms with Crippen LogP contribution < -0.4 is 10.6 Å². The third-order valence-electron chi connectivity index (χ3n) is 8.28. The van der Waals surface area contributed by atoms with Gasteiger partial charge in [0.15, 0.2) is 0 Å². The SMILES string of the molecule is CCC(CC(C)C(=O)NCCS(c1ccccc1)(c1ccccc1)c1ccccc1)C(=O)NCC[N+](C)(C)CCCS(=O)(=O)O. The normalized spacial score (nSPS) is 13.9. The first-order valence-electron chi connectivity index (χ1n) is 15.7. The topological polar surface area (TPSA) is 113 Å². The minimum Gasteiger partial charge on any atom is -0.355 e. The van der Waals surface area contributed by atoms with E-state index in [1.54, 1.807) is 0 Å². The molecule has 10 heteroatoms. The maximum atomic E-state index is 13.3. The third kappa shape index (κ3) is 11.0. The van der Waals surface area contributed by atoms with E-state index in [0.29, 0.717) is 49.9 Å². The van der Waals surface area contributed by atoms with Gasteiger partial charge in [-0.05, 0) is 63.9 Å². The molecule has 246 valence electrons. The monoisotopic (exact) mass is 656 g/mol. The van der Waals surface area contributed by atoms with Crippen molar-refractivity contribution in [2.45, 2.75) is 47.8 Å². The van der Waals surface area contributed by atoms with Crippen molar-refractivity contribution in [2.24, 2.45) is 11.8 Å². The number of nitrogens with zero attached hydrogens (tertiary/aromatic N) is 1. The highest BCUT2D eigenvalue weighted by atomic mass is 32.3. The molecule has 2 unspecified atom stereocenters. The van der Waals surface area contributed by atoms with Crippen LogP contribution in [0.25, 0.3) is 0 Å². The molecule has 3 rings (SSSR count). The van der Waals surface area contributed by atoms with Crippen LogP contribution in [0.5, 0.6) is 0 Å². The molecule has 0 spiro atoms. The van der Waals surface area contributed by atoms with E-state index >= 15 is 0 Å². The zero-order chi connectivity index (χ0) is 32.9. The van der Waals surface area contributed by atoms with Gasteiger partial charge in [0.1, 0.15) is 0 Å². The number of carbonyl (C=O) groups excluding carboxylic acids is 2. The molecule has 0 heterocycles. The van der Waals surface area contributed by atoms with E-state index in [2.05, 4.69) is 83.4 Å². The molecule has 2 amide bonds. The smallest absolute Gasteiger partial charge is 0.265 e. The standard InChI is InChI=1S/C35H49N3O5S2/c1-5-30(35(40)36-22-25-38(3,4)24-15-26-45(41,42)43)28-29(2)34(39)37-23-27-44(31-16-9-6-10-17-31,32-18-11-7-12-19-32)33-20-13-8-14-21-33/h6-14,16-21,29-30H,5,15,22-28H2,1-4H3,(H2-,36,37,39,40,41,42,43)/p+1. The maximum Gasteiger partial charge on any atom is 0.265 e. The van der Waals surface area contributed by atoms with Crippen molar-refractivity contribution in [1.29, 1.82) is 0 Å². The third-order valence-corrected chi connectivity index (χ3v) is 13.1. The lowest BCUT2D eigenvalue weighted by Gasteiger charge is -2.41. The number of nitrogens with one attached hydrogen (secondary N) is 2. The fourth-order valence-corrected chi connectivity index (χ4v) is 9.92. The molecule has 0 aromatic heterocycles. The van der Waals surface area contributed by atoms with Gasteiger partial charge in [0.25, 0.3) is 10.1 Å². The summed E-state index contributed by atoms with van der Waals surface area (Å²) in [4.78, 5) is 30.1. The molecular weight excluding hydrogens is 607 g/mol. The highest BCUT2D eigenvalue weighted by molar-refractivity contribution is 8.33. The number of hydrogen-bond donors (Lipinski definition) is 3. The predicted octanol–water partition coefficient (Wildman–Crippen LogP) is 5.61. The summed E-state index contributed by atoms with van der Waals surface area (Å²) < 4.78 is 31.5. The Morgan fingerprint density at radius 3 is 1.64 bits per heavy atom. The Morgan fingerprint density at radius 1 is 0.733 bits per heavy atom. The maximum absolute atomic E-state index is 13.3. The Bertz CT molecular complexity index is 1360. The number of amides is 2. The summed E-state index contributed by atoms with van der Waals surface area (Å²) in [6, 6.07) is 31.6. The lowest BCUT2D eigenvalue weighted by Crippen LogP contribution is -2.47. The van der Waals surface area contributed by atoms with Gasteiger partial charge < -0.3 is 15.1 Å². The average Bonchev–Trinajstić information content (AvgIpc) is 3.02. The number of likely N-dealkylation sites (N-methyl/N-ethyl adjacent to an activating group) is 1. The zero-order valence-corrected chi connectivity index (χ0v) is 28.7. The van der Waals surface area contributed by atoms with Gasteiger partial charge in [-0.3, -0.25) is 14.1 Å². The van der Waals surface area contributed by atoms with E-state index < -0.39 is 20.1 Å². The van der Waals surface area contributed by atoms with Gasteiger partial charge in [0.2, 0.25) is 11.8 Å². The van der Waals surface area contributed by atoms with Crippen molar-refractivity contribution in [2.75, 3.05) is 51.8 Å². The van der Waals surface area contributed by atoms with E-state index in [-0.39, 0.29) is 29.4 Å². The molecule has 2 atom stereocenters. The largest absolute Gasteiger partial charge is 0.355 e. The van der Waals surface area contributed by atoms with Crippen molar-refractivity contribution < 1.29 is 27.0 Å². The zero-order valence-electron chi connectivity index (χ0n) is 27.0. The lowest BCUT2D eigenvalue weighted by molar-refractivity contribution is -0.889. The highest BCUT2D eigenvalue weighted by Crippen LogP contribution is 2.67. The van der Waals surface area contributed by atoms with Crippen LogP contribution in [0.2, 0.25) is 0 Å². The Morgan fingerprint density at radius 2 is 1.20 bits per heavy atom. The minimum absolute atomic E-state index is 0.0552. The Hall–Kier alpha value is -3.18. The van der Waals surface area contributed by atoms with E-state index in [4.69, 9.17) is 4.55 Å². The van der Waals surface area contributed by atoms with Crippen LogP contribution in [0.4, 0.5) is 0 Å². The molecule has 0 aliphatic rings. The summed E-state index contributed by atoms with van der Waals surface area (Å²) in [5.74, 6) is -0.270. The van der Waals surface area contributed by atoms with Crippen LogP contribution in [0.3, 0.4) is 0 Å². The van der Waals surface area contributed by atoms with Gasteiger partial charge in [-0.2, -0.15) is 18.4 Å². The second kappa shape index (κ2) is 16.9. The molecule has 45 heavy (non-hydrogen) atoms. The predicted molar refractivity (Wildman–Crippen MR) is 183 cm³/mol. The summed E-state index contributed by atoms with van der Waals surface area (Å²) in [6.07, 6.45) is 1.42. The van der Waals surface area contributed by atoms with Crippen molar-refractivity contribution >= 4 is 32.0 Å². The average molecular weight is 657 g/mol.